The van der Waals surface area contributed by atoms with Crippen molar-refractivity contribution in [2.75, 3.05) is 26.8 Å². The van der Waals surface area contributed by atoms with Gasteiger partial charge in [0.05, 0.1) is 6.61 Å². The fourth-order valence-corrected chi connectivity index (χ4v) is 2.00. The van der Waals surface area contributed by atoms with Crippen LogP contribution in [0.3, 0.4) is 0 Å². The van der Waals surface area contributed by atoms with Crippen molar-refractivity contribution in [2.45, 2.75) is 39.5 Å². The lowest BCUT2D eigenvalue weighted by molar-refractivity contribution is 0.0426. The van der Waals surface area contributed by atoms with Crippen LogP contribution < -0.4 is 5.32 Å². The summed E-state index contributed by atoms with van der Waals surface area (Å²) in [5.74, 6) is 0.885. The Balaban J connectivity index is 2.17. The summed E-state index contributed by atoms with van der Waals surface area (Å²) in [6, 6.07) is 0. The molecule has 1 atom stereocenters. The van der Waals surface area contributed by atoms with Gasteiger partial charge in [0.15, 0.2) is 0 Å². The van der Waals surface area contributed by atoms with Crippen molar-refractivity contribution < 1.29 is 4.74 Å². The van der Waals surface area contributed by atoms with Crippen molar-refractivity contribution in [3.63, 3.8) is 0 Å². The summed E-state index contributed by atoms with van der Waals surface area (Å²) in [4.78, 5) is 0. The SMILES string of the molecule is CCCC(C)(CNC)COCC1CC1. The second kappa shape index (κ2) is 5.72. The molecule has 0 aromatic carbocycles. The Morgan fingerprint density at radius 2 is 2.14 bits per heavy atom. The molecule has 2 nitrogen and oxygen atoms in total. The molecule has 1 N–H and O–H groups in total. The molecule has 0 radical (unpaired) electrons. The standard InChI is InChI=1S/C12H25NO/c1-4-7-12(2,9-13-3)10-14-8-11-5-6-11/h11,13H,4-10H2,1-3H3. The molecule has 2 heteroatoms. The summed E-state index contributed by atoms with van der Waals surface area (Å²) in [6.45, 7) is 7.53. The van der Waals surface area contributed by atoms with Crippen LogP contribution in [0.15, 0.2) is 0 Å². The number of hydrogen-bond donors (Lipinski definition) is 1. The molecule has 1 unspecified atom stereocenters. The van der Waals surface area contributed by atoms with Crippen LogP contribution in [0.2, 0.25) is 0 Å². The van der Waals surface area contributed by atoms with E-state index < -0.39 is 0 Å². The quantitative estimate of drug-likeness (QED) is 0.648. The molecule has 1 rings (SSSR count). The van der Waals surface area contributed by atoms with Gasteiger partial charge < -0.3 is 10.1 Å². The first-order valence-electron chi connectivity index (χ1n) is 5.92. The van der Waals surface area contributed by atoms with Gasteiger partial charge in [-0.3, -0.25) is 0 Å². The van der Waals surface area contributed by atoms with E-state index in [4.69, 9.17) is 4.74 Å². The summed E-state index contributed by atoms with van der Waals surface area (Å²) >= 11 is 0. The Morgan fingerprint density at radius 3 is 2.64 bits per heavy atom. The summed E-state index contributed by atoms with van der Waals surface area (Å²) in [7, 11) is 2.02. The number of nitrogens with one attached hydrogen (secondary N) is 1. The Labute approximate surface area is 88.4 Å². The third-order valence-electron chi connectivity index (χ3n) is 2.96. The van der Waals surface area contributed by atoms with Gasteiger partial charge in [-0.2, -0.15) is 0 Å². The highest BCUT2D eigenvalue weighted by Crippen LogP contribution is 2.30. The second-order valence-corrected chi connectivity index (χ2v) is 5.05. The molecule has 0 aromatic heterocycles. The summed E-state index contributed by atoms with van der Waals surface area (Å²) in [6.07, 6.45) is 5.26. The zero-order valence-electron chi connectivity index (χ0n) is 9.94. The molecule has 0 saturated heterocycles. The smallest absolute Gasteiger partial charge is 0.0532 e. The van der Waals surface area contributed by atoms with Crippen LogP contribution in [0.4, 0.5) is 0 Å². The normalized spacial score (nSPS) is 20.8. The first-order valence-corrected chi connectivity index (χ1v) is 5.92. The van der Waals surface area contributed by atoms with Crippen molar-refractivity contribution in [1.82, 2.24) is 5.32 Å². The van der Waals surface area contributed by atoms with Crippen molar-refractivity contribution >= 4 is 0 Å². The average molecular weight is 199 g/mol. The van der Waals surface area contributed by atoms with Crippen LogP contribution in [0, 0.1) is 11.3 Å². The van der Waals surface area contributed by atoms with Crippen LogP contribution in [-0.2, 0) is 4.74 Å². The molecule has 0 bridgehead atoms. The summed E-state index contributed by atoms with van der Waals surface area (Å²) < 4.78 is 5.79. The third-order valence-corrected chi connectivity index (χ3v) is 2.96. The zero-order chi connectivity index (χ0) is 10.4. The average Bonchev–Trinajstić information content (AvgIpc) is 2.89. The van der Waals surface area contributed by atoms with E-state index >= 15 is 0 Å². The zero-order valence-corrected chi connectivity index (χ0v) is 9.94. The van der Waals surface area contributed by atoms with E-state index in [0.717, 1.165) is 25.7 Å². The van der Waals surface area contributed by atoms with Gasteiger partial charge in [-0.05, 0) is 32.2 Å². The Bertz CT molecular complexity index is 148. The van der Waals surface area contributed by atoms with Gasteiger partial charge in [-0.15, -0.1) is 0 Å². The van der Waals surface area contributed by atoms with Gasteiger partial charge in [0.25, 0.3) is 0 Å². The predicted octanol–water partition coefficient (Wildman–Crippen LogP) is 2.44. The van der Waals surface area contributed by atoms with Gasteiger partial charge in [0.1, 0.15) is 0 Å². The highest BCUT2D eigenvalue weighted by atomic mass is 16.5. The molecule has 14 heavy (non-hydrogen) atoms. The van der Waals surface area contributed by atoms with E-state index in [1.807, 2.05) is 7.05 Å². The highest BCUT2D eigenvalue weighted by molar-refractivity contribution is 4.77. The molecular formula is C12H25NO. The van der Waals surface area contributed by atoms with Crippen LogP contribution >= 0.6 is 0 Å². The topological polar surface area (TPSA) is 21.3 Å². The minimum atomic E-state index is 0.332. The highest BCUT2D eigenvalue weighted by Gasteiger charge is 2.26. The van der Waals surface area contributed by atoms with E-state index in [-0.39, 0.29) is 0 Å². The van der Waals surface area contributed by atoms with Crippen molar-refractivity contribution in [3.05, 3.63) is 0 Å². The van der Waals surface area contributed by atoms with Crippen molar-refractivity contribution in [2.24, 2.45) is 11.3 Å². The Morgan fingerprint density at radius 1 is 1.43 bits per heavy atom. The van der Waals surface area contributed by atoms with Crippen molar-refractivity contribution in [3.8, 4) is 0 Å². The number of ether oxygens (including phenoxy) is 1. The second-order valence-electron chi connectivity index (χ2n) is 5.05. The first kappa shape index (κ1) is 12.0. The summed E-state index contributed by atoms with van der Waals surface area (Å²) in [5.41, 5.74) is 0.332. The fourth-order valence-electron chi connectivity index (χ4n) is 2.00. The largest absolute Gasteiger partial charge is 0.381 e. The van der Waals surface area contributed by atoms with E-state index in [1.54, 1.807) is 0 Å². The molecule has 84 valence electrons. The monoisotopic (exact) mass is 199 g/mol. The third kappa shape index (κ3) is 4.43. The molecule has 0 heterocycles. The lowest BCUT2D eigenvalue weighted by Crippen LogP contribution is -2.34. The molecule has 0 aliphatic heterocycles. The van der Waals surface area contributed by atoms with E-state index in [9.17, 15) is 0 Å². The van der Waals surface area contributed by atoms with Crippen LogP contribution in [0.1, 0.15) is 39.5 Å². The van der Waals surface area contributed by atoms with Crippen LogP contribution in [0.25, 0.3) is 0 Å². The van der Waals surface area contributed by atoms with E-state index in [0.29, 0.717) is 5.41 Å². The number of hydrogen-bond acceptors (Lipinski definition) is 2. The fraction of sp³-hybridized carbons (Fsp3) is 1.00. The van der Waals surface area contributed by atoms with Gasteiger partial charge in [-0.1, -0.05) is 20.3 Å². The molecule has 1 saturated carbocycles. The molecular weight excluding hydrogens is 174 g/mol. The van der Waals surface area contributed by atoms with Crippen LogP contribution in [-0.4, -0.2) is 26.8 Å². The number of rotatable bonds is 8. The summed E-state index contributed by atoms with van der Waals surface area (Å²) in [5, 5.41) is 3.27. The Kier molecular flexibility index (Phi) is 4.90. The maximum atomic E-state index is 5.79. The lowest BCUT2D eigenvalue weighted by atomic mass is 9.86. The molecule has 1 aliphatic rings. The maximum Gasteiger partial charge on any atom is 0.0532 e. The van der Waals surface area contributed by atoms with Crippen LogP contribution in [0.5, 0.6) is 0 Å². The maximum absolute atomic E-state index is 5.79. The molecule has 0 spiro atoms. The minimum Gasteiger partial charge on any atom is -0.381 e. The van der Waals surface area contributed by atoms with Gasteiger partial charge in [-0.25, -0.2) is 0 Å². The Hall–Kier alpha value is -0.0800. The molecule has 1 aliphatic carbocycles. The van der Waals surface area contributed by atoms with Gasteiger partial charge in [0, 0.05) is 18.6 Å². The molecule has 0 amide bonds. The first-order chi connectivity index (χ1) is 6.70. The lowest BCUT2D eigenvalue weighted by Gasteiger charge is -2.28. The van der Waals surface area contributed by atoms with Gasteiger partial charge >= 0.3 is 0 Å². The molecule has 1 fully saturated rings. The minimum absolute atomic E-state index is 0.332. The predicted molar refractivity (Wildman–Crippen MR) is 60.5 cm³/mol. The molecule has 0 aromatic rings. The van der Waals surface area contributed by atoms with E-state index in [2.05, 4.69) is 19.2 Å². The van der Waals surface area contributed by atoms with Gasteiger partial charge in [0.2, 0.25) is 0 Å². The van der Waals surface area contributed by atoms with Crippen molar-refractivity contribution in [1.29, 1.82) is 0 Å². The van der Waals surface area contributed by atoms with E-state index in [1.165, 1.54) is 25.7 Å².